The fourth-order valence-corrected chi connectivity index (χ4v) is 2.44. The fourth-order valence-electron chi connectivity index (χ4n) is 2.44. The van der Waals surface area contributed by atoms with Crippen LogP contribution in [0.4, 0.5) is 0 Å². The summed E-state index contributed by atoms with van der Waals surface area (Å²) < 4.78 is 9.32. The molecular formula is C13H17NO4. The smallest absolute Gasteiger partial charge is 0.335 e. The molecule has 0 heterocycles. The summed E-state index contributed by atoms with van der Waals surface area (Å²) in [5, 5.41) is 9.19. The van der Waals surface area contributed by atoms with Crippen LogP contribution in [0.2, 0.25) is 0 Å². The van der Waals surface area contributed by atoms with Crippen LogP contribution in [-0.2, 0) is 19.1 Å². The Morgan fingerprint density at radius 2 is 2.00 bits per heavy atom. The first-order valence-electron chi connectivity index (χ1n) is 5.67. The monoisotopic (exact) mass is 251 g/mol. The van der Waals surface area contributed by atoms with Crippen LogP contribution in [0.1, 0.15) is 26.7 Å². The molecule has 5 heteroatoms. The van der Waals surface area contributed by atoms with Gasteiger partial charge in [-0.2, -0.15) is 5.26 Å². The van der Waals surface area contributed by atoms with Gasteiger partial charge in [0.05, 0.1) is 32.3 Å². The Labute approximate surface area is 106 Å². The van der Waals surface area contributed by atoms with Gasteiger partial charge in [0.2, 0.25) is 0 Å². The van der Waals surface area contributed by atoms with Gasteiger partial charge in [0.15, 0.2) is 0 Å². The quantitative estimate of drug-likeness (QED) is 0.712. The van der Waals surface area contributed by atoms with E-state index in [0.29, 0.717) is 17.6 Å². The molecule has 18 heavy (non-hydrogen) atoms. The maximum atomic E-state index is 11.8. The third kappa shape index (κ3) is 2.53. The summed E-state index contributed by atoms with van der Waals surface area (Å²) in [7, 11) is 2.57. The molecule has 5 nitrogen and oxygen atoms in total. The minimum atomic E-state index is -0.536. The lowest BCUT2D eigenvalue weighted by Crippen LogP contribution is -2.16. The Hall–Kier alpha value is -1.83. The maximum absolute atomic E-state index is 11.8. The number of nitrogens with zero attached hydrogens (tertiary/aromatic N) is 1. The van der Waals surface area contributed by atoms with Crippen molar-refractivity contribution in [3.05, 3.63) is 11.1 Å². The van der Waals surface area contributed by atoms with Crippen LogP contribution in [0.3, 0.4) is 0 Å². The second-order valence-electron chi connectivity index (χ2n) is 4.96. The van der Waals surface area contributed by atoms with Crippen molar-refractivity contribution in [1.29, 1.82) is 5.26 Å². The van der Waals surface area contributed by atoms with Crippen molar-refractivity contribution in [2.45, 2.75) is 26.7 Å². The summed E-state index contributed by atoms with van der Waals surface area (Å²) in [6.45, 7) is 3.76. The van der Waals surface area contributed by atoms with E-state index in [1.807, 2.05) is 13.8 Å². The van der Waals surface area contributed by atoms with E-state index in [1.54, 1.807) is 0 Å². The van der Waals surface area contributed by atoms with Crippen LogP contribution in [0.15, 0.2) is 11.1 Å². The number of carbonyl (C=O) groups is 2. The summed E-state index contributed by atoms with van der Waals surface area (Å²) in [6.07, 6.45) is 0.658. The van der Waals surface area contributed by atoms with E-state index in [1.165, 1.54) is 14.2 Å². The number of nitriles is 1. The van der Waals surface area contributed by atoms with E-state index in [9.17, 15) is 14.9 Å². The molecule has 1 aliphatic carbocycles. The van der Waals surface area contributed by atoms with Crippen LogP contribution >= 0.6 is 0 Å². The molecule has 1 rings (SSSR count). The SMILES string of the molecule is COC(=O)CC1CC(C)(C)C(C#N)=C1C(=O)OC. The van der Waals surface area contributed by atoms with Crippen LogP contribution < -0.4 is 0 Å². The van der Waals surface area contributed by atoms with E-state index >= 15 is 0 Å². The van der Waals surface area contributed by atoms with Crippen molar-refractivity contribution in [2.75, 3.05) is 14.2 Å². The second kappa shape index (κ2) is 5.21. The molecule has 0 radical (unpaired) electrons. The highest BCUT2D eigenvalue weighted by atomic mass is 16.5. The molecule has 0 aromatic heterocycles. The minimum Gasteiger partial charge on any atom is -0.469 e. The first-order chi connectivity index (χ1) is 8.37. The number of methoxy groups -OCH3 is 2. The summed E-state index contributed by atoms with van der Waals surface area (Å²) in [4.78, 5) is 23.1. The van der Waals surface area contributed by atoms with Gasteiger partial charge >= 0.3 is 11.9 Å². The molecule has 0 N–H and O–H groups in total. The zero-order chi connectivity index (χ0) is 13.9. The Kier molecular flexibility index (Phi) is 4.12. The number of ether oxygens (including phenoxy) is 2. The molecule has 0 aromatic rings. The van der Waals surface area contributed by atoms with Crippen LogP contribution in [0, 0.1) is 22.7 Å². The van der Waals surface area contributed by atoms with Gasteiger partial charge in [-0.25, -0.2) is 4.79 Å². The van der Waals surface area contributed by atoms with Crippen LogP contribution in [0.5, 0.6) is 0 Å². The lowest BCUT2D eigenvalue weighted by Gasteiger charge is -2.18. The molecule has 0 amide bonds. The largest absolute Gasteiger partial charge is 0.469 e. The van der Waals surface area contributed by atoms with Crippen molar-refractivity contribution >= 4 is 11.9 Å². The van der Waals surface area contributed by atoms with E-state index in [-0.39, 0.29) is 12.3 Å². The number of hydrogen-bond acceptors (Lipinski definition) is 5. The molecule has 0 aromatic carbocycles. The zero-order valence-electron chi connectivity index (χ0n) is 11.1. The lowest BCUT2D eigenvalue weighted by molar-refractivity contribution is -0.141. The topological polar surface area (TPSA) is 76.4 Å². The third-order valence-corrected chi connectivity index (χ3v) is 3.27. The minimum absolute atomic E-state index is 0.0928. The van der Waals surface area contributed by atoms with Crippen LogP contribution in [0.25, 0.3) is 0 Å². The molecule has 1 unspecified atom stereocenters. The molecule has 0 bridgehead atoms. The average molecular weight is 251 g/mol. The summed E-state index contributed by atoms with van der Waals surface area (Å²) >= 11 is 0. The van der Waals surface area contributed by atoms with E-state index < -0.39 is 17.4 Å². The van der Waals surface area contributed by atoms with Gasteiger partial charge in [-0.3, -0.25) is 4.79 Å². The molecule has 1 atom stereocenters. The average Bonchev–Trinajstić information content (AvgIpc) is 2.58. The number of allylic oxidation sites excluding steroid dienone is 1. The fraction of sp³-hybridized carbons (Fsp3) is 0.615. The number of rotatable bonds is 3. The zero-order valence-corrected chi connectivity index (χ0v) is 11.1. The Morgan fingerprint density at radius 1 is 1.39 bits per heavy atom. The number of hydrogen-bond donors (Lipinski definition) is 0. The maximum Gasteiger partial charge on any atom is 0.335 e. The van der Waals surface area contributed by atoms with E-state index in [4.69, 9.17) is 4.74 Å². The lowest BCUT2D eigenvalue weighted by atomic mass is 9.84. The number of esters is 2. The van der Waals surface area contributed by atoms with Gasteiger partial charge in [0, 0.05) is 16.9 Å². The molecular weight excluding hydrogens is 234 g/mol. The van der Waals surface area contributed by atoms with Gasteiger partial charge in [0.25, 0.3) is 0 Å². The molecule has 0 saturated carbocycles. The van der Waals surface area contributed by atoms with Crippen molar-refractivity contribution in [3.8, 4) is 6.07 Å². The highest BCUT2D eigenvalue weighted by Crippen LogP contribution is 2.47. The predicted molar refractivity (Wildman–Crippen MR) is 63.2 cm³/mol. The standard InChI is InChI=1S/C13H17NO4/c1-13(2)6-8(5-10(15)17-3)11(9(13)7-14)12(16)18-4/h8H,5-6H2,1-4H3. The highest BCUT2D eigenvalue weighted by molar-refractivity contribution is 5.92. The first kappa shape index (κ1) is 14.2. The molecule has 98 valence electrons. The summed E-state index contributed by atoms with van der Waals surface area (Å²) in [6, 6.07) is 2.07. The summed E-state index contributed by atoms with van der Waals surface area (Å²) in [5.74, 6) is -1.24. The van der Waals surface area contributed by atoms with Gasteiger partial charge in [-0.05, 0) is 6.42 Å². The Morgan fingerprint density at radius 3 is 2.44 bits per heavy atom. The molecule has 0 aliphatic heterocycles. The summed E-state index contributed by atoms with van der Waals surface area (Å²) in [5.41, 5.74) is 0.301. The highest BCUT2D eigenvalue weighted by Gasteiger charge is 2.43. The molecule has 0 saturated heterocycles. The second-order valence-corrected chi connectivity index (χ2v) is 4.96. The van der Waals surface area contributed by atoms with Crippen molar-refractivity contribution < 1.29 is 19.1 Å². The van der Waals surface area contributed by atoms with Crippen molar-refractivity contribution in [2.24, 2.45) is 11.3 Å². The van der Waals surface area contributed by atoms with Crippen molar-refractivity contribution in [3.63, 3.8) is 0 Å². The van der Waals surface area contributed by atoms with Crippen LogP contribution in [-0.4, -0.2) is 26.2 Å². The van der Waals surface area contributed by atoms with Gasteiger partial charge in [0.1, 0.15) is 0 Å². The Bertz CT molecular complexity index is 442. The van der Waals surface area contributed by atoms with E-state index in [0.717, 1.165) is 0 Å². The van der Waals surface area contributed by atoms with E-state index in [2.05, 4.69) is 10.8 Å². The molecule has 0 fully saturated rings. The Balaban J connectivity index is 3.15. The van der Waals surface area contributed by atoms with Gasteiger partial charge in [-0.1, -0.05) is 13.8 Å². The van der Waals surface area contributed by atoms with Crippen molar-refractivity contribution in [1.82, 2.24) is 0 Å². The first-order valence-corrected chi connectivity index (χ1v) is 5.67. The van der Waals surface area contributed by atoms with Gasteiger partial charge < -0.3 is 9.47 Å². The normalized spacial score (nSPS) is 21.4. The predicted octanol–water partition coefficient (Wildman–Crippen LogP) is 1.59. The molecule has 0 spiro atoms. The number of carbonyl (C=O) groups excluding carboxylic acids is 2. The van der Waals surface area contributed by atoms with Gasteiger partial charge in [-0.15, -0.1) is 0 Å². The molecule has 1 aliphatic rings. The third-order valence-electron chi connectivity index (χ3n) is 3.27.